The maximum atomic E-state index is 13.0. The Balaban J connectivity index is 5.26. The Labute approximate surface area is 549 Å². The number of unbranched alkanes of at least 4 members (excludes halogenated alkanes) is 33. The highest BCUT2D eigenvalue weighted by molar-refractivity contribution is 7.47. The molecule has 0 aliphatic carbocycles. The molecule has 4 unspecified atom stereocenters. The van der Waals surface area contributed by atoms with Crippen molar-refractivity contribution in [1.29, 1.82) is 0 Å². The molecule has 0 heterocycles. The molecule has 0 aromatic rings. The molecule has 534 valence electrons. The molecule has 0 radical (unpaired) electrons. The van der Waals surface area contributed by atoms with Gasteiger partial charge in [0.05, 0.1) is 26.4 Å². The zero-order chi connectivity index (χ0) is 66.8. The molecule has 90 heavy (non-hydrogen) atoms. The van der Waals surface area contributed by atoms with Gasteiger partial charge in [-0.2, -0.15) is 0 Å². The largest absolute Gasteiger partial charge is 0.472 e. The van der Waals surface area contributed by atoms with E-state index in [9.17, 15) is 43.2 Å². The molecule has 0 aliphatic rings. The molecule has 0 spiro atoms. The van der Waals surface area contributed by atoms with Gasteiger partial charge in [-0.15, -0.1) is 0 Å². The fourth-order valence-corrected chi connectivity index (χ4v) is 12.2. The van der Waals surface area contributed by atoms with Crippen LogP contribution in [0.1, 0.15) is 351 Å². The third-order valence-corrected chi connectivity index (χ3v) is 18.6. The van der Waals surface area contributed by atoms with E-state index in [0.29, 0.717) is 31.6 Å². The summed E-state index contributed by atoms with van der Waals surface area (Å²) in [6, 6.07) is 0. The van der Waals surface area contributed by atoms with Crippen molar-refractivity contribution in [1.82, 2.24) is 0 Å². The van der Waals surface area contributed by atoms with Crippen molar-refractivity contribution in [2.75, 3.05) is 39.6 Å². The molecule has 0 aromatic heterocycles. The molecule has 0 aromatic carbocycles. The first-order valence-electron chi connectivity index (χ1n) is 36.7. The fourth-order valence-electron chi connectivity index (χ4n) is 10.6. The molecule has 0 aliphatic heterocycles. The number of phosphoric ester groups is 2. The van der Waals surface area contributed by atoms with Crippen LogP contribution in [0.3, 0.4) is 0 Å². The lowest BCUT2D eigenvalue weighted by atomic mass is 9.99. The number of aliphatic hydroxyl groups excluding tert-OH is 1. The predicted octanol–water partition coefficient (Wildman–Crippen LogP) is 20.1. The zero-order valence-corrected chi connectivity index (χ0v) is 60.6. The van der Waals surface area contributed by atoms with E-state index in [4.69, 9.17) is 37.0 Å². The number of carbonyl (C=O) groups is 4. The molecule has 6 atom stereocenters. The van der Waals surface area contributed by atoms with Crippen molar-refractivity contribution in [3.63, 3.8) is 0 Å². The van der Waals surface area contributed by atoms with Crippen LogP contribution in [0.5, 0.6) is 0 Å². The summed E-state index contributed by atoms with van der Waals surface area (Å²) in [7, 11) is -9.90. The summed E-state index contributed by atoms with van der Waals surface area (Å²) in [5.74, 6) is 0.879. The highest BCUT2D eigenvalue weighted by Gasteiger charge is 2.30. The predicted molar refractivity (Wildman–Crippen MR) is 363 cm³/mol. The number of hydrogen-bond acceptors (Lipinski definition) is 15. The van der Waals surface area contributed by atoms with Crippen LogP contribution in [0, 0.1) is 23.7 Å². The average Bonchev–Trinajstić information content (AvgIpc) is 2.85. The van der Waals surface area contributed by atoms with E-state index in [2.05, 4.69) is 55.4 Å². The van der Waals surface area contributed by atoms with Gasteiger partial charge in [-0.1, -0.05) is 299 Å². The quantitative estimate of drug-likeness (QED) is 0.0222. The Morgan fingerprint density at radius 2 is 0.533 bits per heavy atom. The van der Waals surface area contributed by atoms with Crippen LogP contribution in [-0.2, 0) is 65.4 Å². The minimum absolute atomic E-state index is 0.104. The highest BCUT2D eigenvalue weighted by atomic mass is 31.2. The van der Waals surface area contributed by atoms with Crippen LogP contribution in [0.25, 0.3) is 0 Å². The summed E-state index contributed by atoms with van der Waals surface area (Å²) in [6.45, 7) is 14.1. The summed E-state index contributed by atoms with van der Waals surface area (Å²) >= 11 is 0. The van der Waals surface area contributed by atoms with E-state index in [1.807, 2.05) is 0 Å². The summed E-state index contributed by atoms with van der Waals surface area (Å²) < 4.78 is 68.3. The van der Waals surface area contributed by atoms with Crippen molar-refractivity contribution >= 4 is 39.5 Å². The Morgan fingerprint density at radius 1 is 0.311 bits per heavy atom. The number of aliphatic hydroxyl groups is 1. The van der Waals surface area contributed by atoms with Gasteiger partial charge in [-0.3, -0.25) is 37.3 Å². The monoisotopic (exact) mass is 1320 g/mol. The first-order valence-corrected chi connectivity index (χ1v) is 39.7. The van der Waals surface area contributed by atoms with Gasteiger partial charge in [-0.25, -0.2) is 9.13 Å². The number of rotatable bonds is 68. The molecule has 3 N–H and O–H groups in total. The van der Waals surface area contributed by atoms with Gasteiger partial charge >= 0.3 is 39.5 Å². The second-order valence-electron chi connectivity index (χ2n) is 27.3. The van der Waals surface area contributed by atoms with Crippen molar-refractivity contribution in [2.24, 2.45) is 23.7 Å². The zero-order valence-electron chi connectivity index (χ0n) is 58.8. The SMILES string of the molecule is CCC(C)CCCCCCCCCCC(=O)O[C@H](COC(=O)CCCCCCCCCCCCCCC(C)C)COP(=O)(O)OCC(O)COP(=O)(O)OC[C@@H](COC(=O)CCCCCCCCCC(C)C)OC(=O)CCCCCCCCCCCCC(C)C. The van der Waals surface area contributed by atoms with Gasteiger partial charge in [0, 0.05) is 25.7 Å². The van der Waals surface area contributed by atoms with E-state index < -0.39 is 97.5 Å². The highest BCUT2D eigenvalue weighted by Crippen LogP contribution is 2.45. The van der Waals surface area contributed by atoms with Crippen LogP contribution in [0.2, 0.25) is 0 Å². The Kier molecular flexibility index (Phi) is 59.4. The number of ether oxygens (including phenoxy) is 4. The molecule has 0 bridgehead atoms. The molecule has 0 rings (SSSR count). The summed E-state index contributed by atoms with van der Waals surface area (Å²) in [6.07, 6.45) is 43.0. The van der Waals surface area contributed by atoms with Crippen LogP contribution < -0.4 is 0 Å². The summed E-state index contributed by atoms with van der Waals surface area (Å²) in [5, 5.41) is 10.6. The first-order chi connectivity index (χ1) is 43.1. The number of hydrogen-bond donors (Lipinski definition) is 3. The lowest BCUT2D eigenvalue weighted by molar-refractivity contribution is -0.161. The smallest absolute Gasteiger partial charge is 0.462 e. The lowest BCUT2D eigenvalue weighted by Gasteiger charge is -2.21. The maximum absolute atomic E-state index is 13.0. The van der Waals surface area contributed by atoms with Crippen molar-refractivity contribution < 1.29 is 80.2 Å². The van der Waals surface area contributed by atoms with Crippen molar-refractivity contribution in [2.45, 2.75) is 369 Å². The van der Waals surface area contributed by atoms with E-state index >= 15 is 0 Å². The number of esters is 4. The van der Waals surface area contributed by atoms with Gasteiger partial charge in [0.1, 0.15) is 19.3 Å². The summed E-state index contributed by atoms with van der Waals surface area (Å²) in [5.41, 5.74) is 0. The second kappa shape index (κ2) is 60.7. The first kappa shape index (κ1) is 88.1. The van der Waals surface area contributed by atoms with E-state index in [1.54, 1.807) is 0 Å². The van der Waals surface area contributed by atoms with Crippen LogP contribution >= 0.6 is 15.6 Å². The molecule has 0 saturated heterocycles. The molecule has 0 fully saturated rings. The third kappa shape index (κ3) is 63.5. The standard InChI is InChI=1S/C71H138O17P2/c1-9-64(8)50-42-34-26-20-21-29-38-46-54-71(76)88-66(57-81-68(73)51-43-35-27-18-13-11-10-12-16-23-31-39-47-61(2)3)59-85-89(77,78)83-55-65(72)56-84-90(79,80)86-60-67(58-82-69(74)52-44-36-30-22-25-33-41-49-63(6)7)87-70(75)53-45-37-28-19-15-14-17-24-32-40-48-62(4)5/h61-67,72H,9-60H2,1-8H3,(H,77,78)(H,79,80)/t64?,65?,66-,67-/m1/s1. The van der Waals surface area contributed by atoms with E-state index in [0.717, 1.165) is 114 Å². The third-order valence-electron chi connectivity index (χ3n) is 16.7. The van der Waals surface area contributed by atoms with Gasteiger partial charge in [-0.05, 0) is 49.4 Å². The number of carbonyl (C=O) groups excluding carboxylic acids is 4. The lowest BCUT2D eigenvalue weighted by Crippen LogP contribution is -2.30. The average molecular weight is 1330 g/mol. The van der Waals surface area contributed by atoms with Gasteiger partial charge in [0.25, 0.3) is 0 Å². The minimum atomic E-state index is -4.95. The van der Waals surface area contributed by atoms with Gasteiger partial charge < -0.3 is 33.8 Å². The molecule has 0 saturated carbocycles. The maximum Gasteiger partial charge on any atom is 0.472 e. The Hall–Kier alpha value is -1.94. The Bertz CT molecular complexity index is 1780. The molecule has 19 heteroatoms. The Morgan fingerprint density at radius 3 is 0.789 bits per heavy atom. The van der Waals surface area contributed by atoms with Crippen LogP contribution in [0.15, 0.2) is 0 Å². The van der Waals surface area contributed by atoms with E-state index in [-0.39, 0.29) is 25.7 Å². The minimum Gasteiger partial charge on any atom is -0.462 e. The molecular formula is C71H138O17P2. The molecule has 17 nitrogen and oxygen atoms in total. The number of phosphoric acid groups is 2. The van der Waals surface area contributed by atoms with Crippen LogP contribution in [-0.4, -0.2) is 96.7 Å². The van der Waals surface area contributed by atoms with Gasteiger partial charge in [0.2, 0.25) is 0 Å². The fraction of sp³-hybridized carbons (Fsp3) is 0.944. The van der Waals surface area contributed by atoms with Gasteiger partial charge in [0.15, 0.2) is 12.2 Å². The van der Waals surface area contributed by atoms with Crippen molar-refractivity contribution in [3.8, 4) is 0 Å². The molecule has 0 amide bonds. The van der Waals surface area contributed by atoms with Crippen molar-refractivity contribution in [3.05, 3.63) is 0 Å². The van der Waals surface area contributed by atoms with Crippen LogP contribution in [0.4, 0.5) is 0 Å². The normalized spacial score (nSPS) is 14.6. The second-order valence-corrected chi connectivity index (χ2v) is 30.2. The summed E-state index contributed by atoms with van der Waals surface area (Å²) in [4.78, 5) is 72.6. The topological polar surface area (TPSA) is 237 Å². The molecular weight excluding hydrogens is 1190 g/mol. The van der Waals surface area contributed by atoms with E-state index in [1.165, 1.54) is 148 Å².